The minimum Gasteiger partial charge on any atom is -0.497 e. The number of anilines is 2. The summed E-state index contributed by atoms with van der Waals surface area (Å²) in [7, 11) is -2.16. The second kappa shape index (κ2) is 8.39. The first-order valence-electron chi connectivity index (χ1n) is 9.48. The van der Waals surface area contributed by atoms with Crippen molar-refractivity contribution in [3.8, 4) is 11.5 Å². The molecule has 1 amide bonds. The van der Waals surface area contributed by atoms with Gasteiger partial charge in [0, 0.05) is 6.54 Å². The third-order valence-electron chi connectivity index (χ3n) is 4.74. The van der Waals surface area contributed by atoms with Crippen molar-refractivity contribution in [3.63, 3.8) is 0 Å². The number of nitrogens with zero attached hydrogens (tertiary/aromatic N) is 1. The Kier molecular flexibility index (Phi) is 6.07. The summed E-state index contributed by atoms with van der Waals surface area (Å²) in [6.07, 6.45) is 1.63. The average Bonchev–Trinajstić information content (AvgIpc) is 2.78. The van der Waals surface area contributed by atoms with Gasteiger partial charge in [-0.05, 0) is 49.7 Å². The Morgan fingerprint density at radius 3 is 2.73 bits per heavy atom. The summed E-state index contributed by atoms with van der Waals surface area (Å²) in [6.45, 7) is 7.88. The number of rotatable bonds is 7. The molecule has 2 aromatic carbocycles. The number of fused-ring (bicyclic) bond motifs is 1. The Labute approximate surface area is 177 Å². The first-order chi connectivity index (χ1) is 14.1. The number of benzene rings is 2. The van der Waals surface area contributed by atoms with Crippen LogP contribution in [-0.4, -0.2) is 34.6 Å². The van der Waals surface area contributed by atoms with Gasteiger partial charge in [0.15, 0.2) is 0 Å². The number of carbonyl (C=O) groups excluding carboxylic acids is 1. The topological polar surface area (TPSA) is 84.9 Å². The zero-order valence-electron chi connectivity index (χ0n) is 17.3. The molecule has 3 rings (SSSR count). The second-order valence-electron chi connectivity index (χ2n) is 7.77. The van der Waals surface area contributed by atoms with Crippen molar-refractivity contribution in [1.29, 1.82) is 0 Å². The number of amides is 1. The minimum atomic E-state index is -3.68. The van der Waals surface area contributed by atoms with E-state index in [1.54, 1.807) is 53.4 Å². The van der Waals surface area contributed by atoms with Crippen LogP contribution < -0.4 is 19.1 Å². The lowest BCUT2D eigenvalue weighted by atomic mass is 9.93. The van der Waals surface area contributed by atoms with Gasteiger partial charge in [-0.1, -0.05) is 18.2 Å². The smallest absolute Gasteiger partial charge is 0.236 e. The van der Waals surface area contributed by atoms with E-state index in [1.165, 1.54) is 7.11 Å². The van der Waals surface area contributed by atoms with E-state index in [1.807, 2.05) is 13.8 Å². The fourth-order valence-corrected chi connectivity index (χ4v) is 4.39. The van der Waals surface area contributed by atoms with E-state index >= 15 is 0 Å². The van der Waals surface area contributed by atoms with Crippen molar-refractivity contribution >= 4 is 27.3 Å². The fraction of sp³-hybridized carbons (Fsp3) is 0.318. The Balaban J connectivity index is 1.89. The second-order valence-corrected chi connectivity index (χ2v) is 9.49. The van der Waals surface area contributed by atoms with E-state index in [-0.39, 0.29) is 18.3 Å². The van der Waals surface area contributed by atoms with E-state index < -0.39 is 15.4 Å². The van der Waals surface area contributed by atoms with E-state index in [0.717, 1.165) is 0 Å². The summed E-state index contributed by atoms with van der Waals surface area (Å²) in [6, 6.07) is 11.8. The van der Waals surface area contributed by atoms with Crippen LogP contribution in [0.5, 0.6) is 11.5 Å². The maximum absolute atomic E-state index is 13.0. The van der Waals surface area contributed by atoms with Crippen LogP contribution in [0.4, 0.5) is 11.4 Å². The number of methoxy groups -OCH3 is 1. The van der Waals surface area contributed by atoms with E-state index in [4.69, 9.17) is 9.47 Å². The number of hydrogen-bond acceptors (Lipinski definition) is 5. The first-order valence-corrected chi connectivity index (χ1v) is 11.1. The van der Waals surface area contributed by atoms with Crippen molar-refractivity contribution in [2.24, 2.45) is 5.41 Å². The van der Waals surface area contributed by atoms with Crippen LogP contribution in [0.25, 0.3) is 0 Å². The third-order valence-corrected chi connectivity index (χ3v) is 6.00. The zero-order valence-corrected chi connectivity index (χ0v) is 18.2. The van der Waals surface area contributed by atoms with Crippen LogP contribution in [0.3, 0.4) is 0 Å². The molecule has 0 radical (unpaired) electrons. The molecule has 0 saturated heterocycles. The molecule has 1 aliphatic heterocycles. The molecule has 0 aromatic heterocycles. The molecule has 2 aromatic rings. The van der Waals surface area contributed by atoms with Gasteiger partial charge in [0.05, 0.1) is 29.7 Å². The molecule has 160 valence electrons. The van der Waals surface area contributed by atoms with Crippen molar-refractivity contribution in [2.45, 2.75) is 19.6 Å². The van der Waals surface area contributed by atoms with Gasteiger partial charge in [-0.25, -0.2) is 8.42 Å². The van der Waals surface area contributed by atoms with Crippen LogP contribution in [0.1, 0.15) is 19.4 Å². The highest BCUT2D eigenvalue weighted by Crippen LogP contribution is 2.38. The summed E-state index contributed by atoms with van der Waals surface area (Å²) in [5.41, 5.74) is 0.743. The maximum Gasteiger partial charge on any atom is 0.236 e. The molecule has 0 fully saturated rings. The third kappa shape index (κ3) is 4.76. The van der Waals surface area contributed by atoms with Gasteiger partial charge < -0.3 is 14.4 Å². The average molecular weight is 431 g/mol. The SMILES string of the molecule is C=CCN1C(=O)C(C)(C)COc2ccc(NS(=O)(=O)Cc3cccc(OC)c3)cc21. The highest BCUT2D eigenvalue weighted by Gasteiger charge is 2.37. The largest absolute Gasteiger partial charge is 0.497 e. The molecule has 0 atom stereocenters. The van der Waals surface area contributed by atoms with Crippen LogP contribution in [0, 0.1) is 5.41 Å². The predicted octanol–water partition coefficient (Wildman–Crippen LogP) is 3.57. The highest BCUT2D eigenvalue weighted by molar-refractivity contribution is 7.91. The minimum absolute atomic E-state index is 0.113. The molecule has 0 unspecified atom stereocenters. The molecule has 0 spiro atoms. The summed E-state index contributed by atoms with van der Waals surface area (Å²) >= 11 is 0. The first kappa shape index (κ1) is 21.7. The molecule has 0 bridgehead atoms. The summed E-state index contributed by atoms with van der Waals surface area (Å²) in [4.78, 5) is 14.5. The molecular weight excluding hydrogens is 404 g/mol. The van der Waals surface area contributed by atoms with Gasteiger partial charge >= 0.3 is 0 Å². The lowest BCUT2D eigenvalue weighted by Gasteiger charge is -2.27. The summed E-state index contributed by atoms with van der Waals surface area (Å²) < 4.78 is 39.0. The molecule has 1 heterocycles. The standard InChI is InChI=1S/C22H26N2O5S/c1-5-11-24-19-13-17(9-10-20(19)29-15-22(2,3)21(24)25)23-30(26,27)14-16-7-6-8-18(12-16)28-4/h5-10,12-13,23H,1,11,14-15H2,2-4H3. The Morgan fingerprint density at radius 1 is 1.27 bits per heavy atom. The quantitative estimate of drug-likeness (QED) is 0.679. The lowest BCUT2D eigenvalue weighted by Crippen LogP contribution is -2.42. The van der Waals surface area contributed by atoms with Gasteiger partial charge in [0.25, 0.3) is 0 Å². The number of sulfonamides is 1. The van der Waals surface area contributed by atoms with Gasteiger partial charge in [0.1, 0.15) is 18.1 Å². The number of ether oxygens (including phenoxy) is 2. The monoisotopic (exact) mass is 430 g/mol. The summed E-state index contributed by atoms with van der Waals surface area (Å²) in [5.74, 6) is 0.787. The Bertz CT molecular complexity index is 1060. The molecule has 8 heteroatoms. The normalized spacial score (nSPS) is 15.6. The van der Waals surface area contributed by atoms with Crippen LogP contribution in [0.15, 0.2) is 55.1 Å². The Morgan fingerprint density at radius 2 is 2.03 bits per heavy atom. The van der Waals surface area contributed by atoms with Crippen molar-refractivity contribution < 1.29 is 22.7 Å². The van der Waals surface area contributed by atoms with Crippen LogP contribution >= 0.6 is 0 Å². The fourth-order valence-electron chi connectivity index (χ4n) is 3.22. The van der Waals surface area contributed by atoms with Gasteiger partial charge in [-0.3, -0.25) is 9.52 Å². The maximum atomic E-state index is 13.0. The van der Waals surface area contributed by atoms with Gasteiger partial charge in [-0.15, -0.1) is 6.58 Å². The summed E-state index contributed by atoms with van der Waals surface area (Å²) in [5, 5.41) is 0. The Hall–Kier alpha value is -3.00. The van der Waals surface area contributed by atoms with E-state index in [0.29, 0.717) is 35.0 Å². The van der Waals surface area contributed by atoms with E-state index in [2.05, 4.69) is 11.3 Å². The van der Waals surface area contributed by atoms with Crippen molar-refractivity contribution in [3.05, 3.63) is 60.7 Å². The van der Waals surface area contributed by atoms with Crippen molar-refractivity contribution in [2.75, 3.05) is 29.9 Å². The molecular formula is C22H26N2O5S. The number of nitrogens with one attached hydrogen (secondary N) is 1. The molecule has 1 aliphatic rings. The zero-order chi connectivity index (χ0) is 21.9. The molecule has 7 nitrogen and oxygen atoms in total. The van der Waals surface area contributed by atoms with Crippen molar-refractivity contribution in [1.82, 2.24) is 0 Å². The number of hydrogen-bond donors (Lipinski definition) is 1. The molecule has 30 heavy (non-hydrogen) atoms. The molecule has 0 saturated carbocycles. The number of carbonyl (C=O) groups is 1. The van der Waals surface area contributed by atoms with Crippen LogP contribution in [0.2, 0.25) is 0 Å². The molecule has 0 aliphatic carbocycles. The van der Waals surface area contributed by atoms with Gasteiger partial charge in [0.2, 0.25) is 15.9 Å². The molecule has 1 N–H and O–H groups in total. The van der Waals surface area contributed by atoms with E-state index in [9.17, 15) is 13.2 Å². The predicted molar refractivity (Wildman–Crippen MR) is 118 cm³/mol. The lowest BCUT2D eigenvalue weighted by molar-refractivity contribution is -0.127. The highest BCUT2D eigenvalue weighted by atomic mass is 32.2. The van der Waals surface area contributed by atoms with Crippen LogP contribution in [-0.2, 0) is 20.6 Å². The van der Waals surface area contributed by atoms with Gasteiger partial charge in [-0.2, -0.15) is 0 Å².